The summed E-state index contributed by atoms with van der Waals surface area (Å²) in [5.41, 5.74) is 4.13. The average molecular weight is 238 g/mol. The van der Waals surface area contributed by atoms with Gasteiger partial charge in [0.1, 0.15) is 5.56 Å². The molecular formula is C10H14N4O3. The van der Waals surface area contributed by atoms with Crippen molar-refractivity contribution in [2.45, 2.75) is 24.8 Å². The van der Waals surface area contributed by atoms with Gasteiger partial charge in [-0.1, -0.05) is 0 Å². The molecule has 1 aromatic rings. The van der Waals surface area contributed by atoms with Gasteiger partial charge in [0.15, 0.2) is 0 Å². The van der Waals surface area contributed by atoms with Crippen LogP contribution in [0.1, 0.15) is 29.6 Å². The molecule has 0 unspecified atom stereocenters. The number of aromatic nitrogens is 2. The number of nitrogens with two attached hydrogens (primary N) is 1. The monoisotopic (exact) mass is 238 g/mol. The molecular weight excluding hydrogens is 224 g/mol. The highest BCUT2D eigenvalue weighted by molar-refractivity contribution is 5.93. The van der Waals surface area contributed by atoms with Gasteiger partial charge in [-0.2, -0.15) is 0 Å². The van der Waals surface area contributed by atoms with E-state index >= 15 is 0 Å². The van der Waals surface area contributed by atoms with Crippen molar-refractivity contribution in [2.75, 3.05) is 6.54 Å². The van der Waals surface area contributed by atoms with Crippen LogP contribution in [0.15, 0.2) is 15.8 Å². The van der Waals surface area contributed by atoms with Gasteiger partial charge in [0.05, 0.1) is 0 Å². The number of amides is 1. The zero-order valence-corrected chi connectivity index (χ0v) is 9.21. The lowest BCUT2D eigenvalue weighted by Crippen LogP contribution is -2.55. The summed E-state index contributed by atoms with van der Waals surface area (Å²) in [6, 6.07) is 0. The van der Waals surface area contributed by atoms with Crippen LogP contribution in [0.25, 0.3) is 0 Å². The Hall–Kier alpha value is -1.89. The first kappa shape index (κ1) is 11.6. The van der Waals surface area contributed by atoms with E-state index in [0.29, 0.717) is 6.54 Å². The fourth-order valence-corrected chi connectivity index (χ4v) is 1.74. The van der Waals surface area contributed by atoms with Gasteiger partial charge in [0.25, 0.3) is 11.5 Å². The summed E-state index contributed by atoms with van der Waals surface area (Å²) in [7, 11) is 0. The lowest BCUT2D eigenvalue weighted by Gasteiger charge is -2.38. The zero-order chi connectivity index (χ0) is 12.5. The Labute approximate surface area is 96.4 Å². The predicted octanol–water partition coefficient (Wildman–Crippen LogP) is -1.33. The fraction of sp³-hybridized carbons (Fsp3) is 0.500. The van der Waals surface area contributed by atoms with Gasteiger partial charge in [0, 0.05) is 18.3 Å². The molecule has 1 amide bonds. The Morgan fingerprint density at radius 2 is 2.18 bits per heavy atom. The molecule has 1 aromatic heterocycles. The number of carbonyl (C=O) groups excluding carboxylic acids is 1. The number of carbonyl (C=O) groups is 1. The molecule has 1 aliphatic rings. The molecule has 1 aliphatic carbocycles. The first-order valence-corrected chi connectivity index (χ1v) is 5.39. The number of hydrogen-bond donors (Lipinski definition) is 4. The second kappa shape index (κ2) is 4.17. The first-order valence-electron chi connectivity index (χ1n) is 5.39. The van der Waals surface area contributed by atoms with Crippen molar-refractivity contribution in [2.24, 2.45) is 5.73 Å². The van der Waals surface area contributed by atoms with Crippen LogP contribution in [-0.2, 0) is 0 Å². The van der Waals surface area contributed by atoms with Gasteiger partial charge in [-0.25, -0.2) is 4.79 Å². The molecule has 92 valence electrons. The van der Waals surface area contributed by atoms with Crippen LogP contribution in [0.3, 0.4) is 0 Å². The van der Waals surface area contributed by atoms with Crippen molar-refractivity contribution in [1.82, 2.24) is 15.3 Å². The molecule has 1 saturated carbocycles. The van der Waals surface area contributed by atoms with E-state index in [1.807, 2.05) is 4.98 Å². The molecule has 0 atom stereocenters. The molecule has 1 heterocycles. The third-order valence-electron chi connectivity index (χ3n) is 3.01. The summed E-state index contributed by atoms with van der Waals surface area (Å²) in [5.74, 6) is -0.528. The zero-order valence-electron chi connectivity index (χ0n) is 9.21. The van der Waals surface area contributed by atoms with Crippen molar-refractivity contribution in [3.63, 3.8) is 0 Å². The second-order valence-electron chi connectivity index (χ2n) is 4.38. The molecule has 5 N–H and O–H groups in total. The summed E-state index contributed by atoms with van der Waals surface area (Å²) in [6.07, 6.45) is 3.90. The molecule has 0 aromatic carbocycles. The highest BCUT2D eigenvalue weighted by Gasteiger charge is 2.32. The van der Waals surface area contributed by atoms with E-state index < -0.39 is 17.2 Å². The van der Waals surface area contributed by atoms with Gasteiger partial charge in [-0.05, 0) is 19.3 Å². The molecule has 0 bridgehead atoms. The number of hydrogen-bond acceptors (Lipinski definition) is 4. The van der Waals surface area contributed by atoms with Crippen LogP contribution < -0.4 is 22.3 Å². The van der Waals surface area contributed by atoms with E-state index in [2.05, 4.69) is 10.3 Å². The van der Waals surface area contributed by atoms with E-state index in [4.69, 9.17) is 5.73 Å². The standard InChI is InChI=1S/C10H14N4O3/c11-10(2-1-3-10)5-13-7(15)6-4-12-9(17)14-8(6)16/h4H,1-3,5,11H2,(H,13,15)(H2,12,14,16,17). The summed E-state index contributed by atoms with van der Waals surface area (Å²) >= 11 is 0. The Bertz CT molecular complexity index is 541. The van der Waals surface area contributed by atoms with Gasteiger partial charge in [-0.15, -0.1) is 0 Å². The van der Waals surface area contributed by atoms with Crippen LogP contribution in [0.4, 0.5) is 0 Å². The van der Waals surface area contributed by atoms with Crippen LogP contribution in [-0.4, -0.2) is 28.0 Å². The highest BCUT2D eigenvalue weighted by atomic mass is 16.2. The third kappa shape index (κ3) is 2.44. The predicted molar refractivity (Wildman–Crippen MR) is 60.8 cm³/mol. The average Bonchev–Trinajstić information content (AvgIpc) is 2.23. The van der Waals surface area contributed by atoms with E-state index in [9.17, 15) is 14.4 Å². The van der Waals surface area contributed by atoms with Crippen LogP contribution in [0.2, 0.25) is 0 Å². The molecule has 0 aliphatic heterocycles. The number of rotatable bonds is 3. The normalized spacial score (nSPS) is 17.2. The first-order chi connectivity index (χ1) is 8.00. The Balaban J connectivity index is 2.04. The molecule has 1 fully saturated rings. The van der Waals surface area contributed by atoms with E-state index in [0.717, 1.165) is 25.5 Å². The minimum Gasteiger partial charge on any atom is -0.350 e. The molecule has 7 heteroatoms. The minimum absolute atomic E-state index is 0.118. The molecule has 0 radical (unpaired) electrons. The second-order valence-corrected chi connectivity index (χ2v) is 4.38. The van der Waals surface area contributed by atoms with E-state index in [1.54, 1.807) is 0 Å². The molecule has 17 heavy (non-hydrogen) atoms. The molecule has 0 spiro atoms. The fourth-order valence-electron chi connectivity index (χ4n) is 1.74. The van der Waals surface area contributed by atoms with Gasteiger partial charge in [-0.3, -0.25) is 14.6 Å². The van der Waals surface area contributed by atoms with E-state index in [1.165, 1.54) is 0 Å². The maximum Gasteiger partial charge on any atom is 0.325 e. The Morgan fingerprint density at radius 3 is 2.71 bits per heavy atom. The van der Waals surface area contributed by atoms with Crippen LogP contribution in [0, 0.1) is 0 Å². The summed E-state index contributed by atoms with van der Waals surface area (Å²) in [6.45, 7) is 0.338. The summed E-state index contributed by atoms with van der Waals surface area (Å²) < 4.78 is 0. The van der Waals surface area contributed by atoms with Crippen molar-refractivity contribution >= 4 is 5.91 Å². The summed E-state index contributed by atoms with van der Waals surface area (Å²) in [4.78, 5) is 38.0. The third-order valence-corrected chi connectivity index (χ3v) is 3.01. The molecule has 0 saturated heterocycles. The van der Waals surface area contributed by atoms with Crippen molar-refractivity contribution in [3.05, 3.63) is 32.6 Å². The van der Waals surface area contributed by atoms with Crippen LogP contribution >= 0.6 is 0 Å². The van der Waals surface area contributed by atoms with Crippen molar-refractivity contribution in [1.29, 1.82) is 0 Å². The SMILES string of the molecule is NC1(CNC(=O)c2c[nH]c(=O)[nH]c2=O)CCC1. The number of aromatic amines is 2. The largest absolute Gasteiger partial charge is 0.350 e. The van der Waals surface area contributed by atoms with Crippen molar-refractivity contribution in [3.8, 4) is 0 Å². The number of nitrogens with one attached hydrogen (secondary N) is 3. The van der Waals surface area contributed by atoms with Crippen LogP contribution in [0.5, 0.6) is 0 Å². The van der Waals surface area contributed by atoms with Gasteiger partial charge >= 0.3 is 5.69 Å². The Kier molecular flexibility index (Phi) is 2.84. The Morgan fingerprint density at radius 1 is 1.47 bits per heavy atom. The molecule has 7 nitrogen and oxygen atoms in total. The smallest absolute Gasteiger partial charge is 0.325 e. The highest BCUT2D eigenvalue weighted by Crippen LogP contribution is 2.27. The maximum atomic E-state index is 11.7. The van der Waals surface area contributed by atoms with E-state index in [-0.39, 0.29) is 11.1 Å². The van der Waals surface area contributed by atoms with Crippen molar-refractivity contribution < 1.29 is 4.79 Å². The lowest BCUT2D eigenvalue weighted by atomic mass is 9.78. The molecule has 2 rings (SSSR count). The number of H-pyrrole nitrogens is 2. The van der Waals surface area contributed by atoms with Gasteiger partial charge in [0.2, 0.25) is 0 Å². The maximum absolute atomic E-state index is 11.7. The quantitative estimate of drug-likeness (QED) is 0.521. The van der Waals surface area contributed by atoms with Gasteiger partial charge < -0.3 is 16.0 Å². The topological polar surface area (TPSA) is 121 Å². The summed E-state index contributed by atoms with van der Waals surface area (Å²) in [5, 5.41) is 2.60. The lowest BCUT2D eigenvalue weighted by molar-refractivity contribution is 0.0927. The minimum atomic E-state index is -0.703.